The van der Waals surface area contributed by atoms with Crippen molar-refractivity contribution in [2.45, 2.75) is 3.67 Å². The summed E-state index contributed by atoms with van der Waals surface area (Å²) < 4.78 is 35.5. The first-order valence-corrected chi connectivity index (χ1v) is 7.70. The standard InChI is InChI=1S/C9H11O4S.Na/c1-8-2-4-9(5-3-8)13-6-7-14(10,11)12;/h2-5H,1,6-7H2,(H,10,11,12);. The van der Waals surface area contributed by atoms with Crippen LogP contribution in [-0.2, 0) is 13.8 Å². The fourth-order valence-electron chi connectivity index (χ4n) is 1.09. The van der Waals surface area contributed by atoms with Crippen molar-refractivity contribution in [2.24, 2.45) is 0 Å². The Labute approximate surface area is 107 Å². The first-order valence-electron chi connectivity index (χ1n) is 4.68. The van der Waals surface area contributed by atoms with Gasteiger partial charge in [-0.25, -0.2) is 0 Å². The summed E-state index contributed by atoms with van der Waals surface area (Å²) in [6, 6.07) is 7.51. The molecule has 6 heteroatoms. The van der Waals surface area contributed by atoms with Crippen LogP contribution in [0.2, 0.25) is 0 Å². The number of benzene rings is 1. The third-order valence-electron chi connectivity index (χ3n) is 1.94. The van der Waals surface area contributed by atoms with Gasteiger partial charge in [0.1, 0.15) is 0 Å². The maximum atomic E-state index is 10.4. The fourth-order valence-corrected chi connectivity index (χ4v) is 1.85. The Morgan fingerprint density at radius 1 is 1.27 bits per heavy atom. The topological polar surface area (TPSA) is 63.6 Å². The molecule has 0 amide bonds. The fraction of sp³-hybridized carbons (Fsp3) is 0.333. The quantitative estimate of drug-likeness (QED) is 0.603. The summed E-state index contributed by atoms with van der Waals surface area (Å²) in [5, 5.41) is 0. The van der Waals surface area contributed by atoms with Gasteiger partial charge in [0, 0.05) is 0 Å². The van der Waals surface area contributed by atoms with Crippen molar-refractivity contribution in [1.82, 2.24) is 0 Å². The van der Waals surface area contributed by atoms with E-state index in [2.05, 4.69) is 0 Å². The third-order valence-corrected chi connectivity index (χ3v) is 3.44. The maximum absolute atomic E-state index is 10.4. The molecular formula is C9H11NaO4S. The average Bonchev–Trinajstić information content (AvgIpc) is 2.17. The normalized spacial score (nSPS) is 11.4. The van der Waals surface area contributed by atoms with Crippen molar-refractivity contribution < 1.29 is 17.7 Å². The van der Waals surface area contributed by atoms with Gasteiger partial charge in [-0.15, -0.1) is 0 Å². The zero-order valence-corrected chi connectivity index (χ0v) is 11.3. The number of ether oxygens (including phenoxy) is 1. The molecule has 0 saturated heterocycles. The van der Waals surface area contributed by atoms with Gasteiger partial charge in [0.25, 0.3) is 0 Å². The van der Waals surface area contributed by atoms with Crippen LogP contribution in [0.5, 0.6) is 5.75 Å². The summed E-state index contributed by atoms with van der Waals surface area (Å²) in [5.41, 5.74) is 1.25. The summed E-state index contributed by atoms with van der Waals surface area (Å²) in [6.45, 7) is -0.0287. The van der Waals surface area contributed by atoms with E-state index in [1.165, 1.54) is 5.56 Å². The summed E-state index contributed by atoms with van der Waals surface area (Å²) in [4.78, 5) is 0. The van der Waals surface area contributed by atoms with Crippen LogP contribution in [0.15, 0.2) is 24.3 Å². The molecule has 0 bridgehead atoms. The van der Waals surface area contributed by atoms with Gasteiger partial charge < -0.3 is 0 Å². The molecule has 0 heterocycles. The SMILES string of the molecule is O=S(=O)(O)CCOc1ccc([CH2][Na])cc1. The molecule has 0 fully saturated rings. The Bertz CT molecular complexity index is 399. The van der Waals surface area contributed by atoms with Crippen molar-refractivity contribution in [3.05, 3.63) is 29.8 Å². The van der Waals surface area contributed by atoms with Gasteiger partial charge >= 0.3 is 107 Å². The molecule has 0 atom stereocenters. The van der Waals surface area contributed by atoms with Crippen molar-refractivity contribution in [1.29, 1.82) is 0 Å². The minimum atomic E-state index is -3.93. The van der Waals surface area contributed by atoms with Crippen LogP contribution in [0, 0.1) is 0 Å². The monoisotopic (exact) mass is 238 g/mol. The molecule has 4 nitrogen and oxygen atoms in total. The molecule has 1 aromatic rings. The van der Waals surface area contributed by atoms with Crippen LogP contribution >= 0.6 is 0 Å². The van der Waals surface area contributed by atoms with Crippen molar-refractivity contribution in [3.63, 3.8) is 0 Å². The molecule has 0 aromatic heterocycles. The van der Waals surface area contributed by atoms with Crippen LogP contribution in [0.4, 0.5) is 0 Å². The van der Waals surface area contributed by atoms with Crippen LogP contribution in [0.25, 0.3) is 0 Å². The van der Waals surface area contributed by atoms with Gasteiger partial charge in [-0.05, 0) is 0 Å². The number of hydrogen-bond donors (Lipinski definition) is 1. The predicted octanol–water partition coefficient (Wildman–Crippen LogP) is 0.622. The van der Waals surface area contributed by atoms with Crippen molar-refractivity contribution in [2.75, 3.05) is 12.4 Å². The molecule has 78 valence electrons. The van der Waals surface area contributed by atoms with Gasteiger partial charge in [0.2, 0.25) is 0 Å². The first kappa shape index (κ1) is 13.0. The van der Waals surface area contributed by atoms with Gasteiger partial charge in [0.05, 0.1) is 0 Å². The number of hydrogen-bond acceptors (Lipinski definition) is 3. The van der Waals surface area contributed by atoms with Gasteiger partial charge in [-0.1, -0.05) is 0 Å². The molecule has 0 spiro atoms. The van der Waals surface area contributed by atoms with E-state index in [0.29, 0.717) is 5.75 Å². The van der Waals surface area contributed by atoms with E-state index in [1.54, 1.807) is 12.1 Å². The van der Waals surface area contributed by atoms with E-state index in [9.17, 15) is 8.42 Å². The van der Waals surface area contributed by atoms with Gasteiger partial charge in [-0.3, -0.25) is 0 Å². The summed E-state index contributed by atoms with van der Waals surface area (Å²) in [6.07, 6.45) is 0. The molecule has 0 unspecified atom stereocenters. The average molecular weight is 238 g/mol. The summed E-state index contributed by atoms with van der Waals surface area (Å²) in [7, 11) is -3.93. The molecule has 0 saturated carbocycles. The zero-order chi connectivity index (χ0) is 11.3. The second kappa shape index (κ2) is 5.86. The van der Waals surface area contributed by atoms with Crippen LogP contribution < -0.4 is 4.74 Å². The summed E-state index contributed by atoms with van der Waals surface area (Å²) in [5.74, 6) is 0.243. The van der Waals surface area contributed by atoms with E-state index < -0.39 is 10.1 Å². The Morgan fingerprint density at radius 2 is 1.87 bits per heavy atom. The van der Waals surface area contributed by atoms with E-state index in [0.717, 1.165) is 31.6 Å². The second-order valence-electron chi connectivity index (χ2n) is 3.13. The zero-order valence-electron chi connectivity index (χ0n) is 8.51. The van der Waals surface area contributed by atoms with Crippen LogP contribution in [0.3, 0.4) is 0 Å². The molecule has 1 N–H and O–H groups in total. The summed E-state index contributed by atoms with van der Waals surface area (Å²) >= 11 is 1.12. The Balaban J connectivity index is 2.45. The van der Waals surface area contributed by atoms with Crippen molar-refractivity contribution >= 4 is 38.0 Å². The minimum absolute atomic E-state index is 0.0287. The second-order valence-corrected chi connectivity index (χ2v) is 5.41. The van der Waals surface area contributed by atoms with Gasteiger partial charge in [-0.2, -0.15) is 0 Å². The molecule has 0 aliphatic rings. The van der Waals surface area contributed by atoms with Crippen molar-refractivity contribution in [3.8, 4) is 5.75 Å². The number of rotatable bonds is 5. The van der Waals surface area contributed by atoms with E-state index in [4.69, 9.17) is 9.29 Å². The van der Waals surface area contributed by atoms with Gasteiger partial charge in [0.15, 0.2) is 0 Å². The Hall–Kier alpha value is -0.0700. The molecule has 0 aliphatic carbocycles. The van der Waals surface area contributed by atoms with Crippen LogP contribution in [0.1, 0.15) is 5.56 Å². The molecule has 15 heavy (non-hydrogen) atoms. The first-order chi connectivity index (χ1) is 7.01. The molecule has 1 aromatic carbocycles. The van der Waals surface area contributed by atoms with Crippen LogP contribution in [-0.4, -0.2) is 53.3 Å². The van der Waals surface area contributed by atoms with E-state index in [-0.39, 0.29) is 12.4 Å². The van der Waals surface area contributed by atoms with E-state index in [1.807, 2.05) is 12.1 Å². The molecular weight excluding hydrogens is 227 g/mol. The Kier molecular flexibility index (Phi) is 5.08. The molecule has 1 rings (SSSR count). The molecule has 0 radical (unpaired) electrons. The molecule has 0 aliphatic heterocycles. The Morgan fingerprint density at radius 3 is 2.33 bits per heavy atom. The predicted molar refractivity (Wildman–Crippen MR) is 57.8 cm³/mol. The third kappa shape index (κ3) is 5.53. The van der Waals surface area contributed by atoms with E-state index >= 15 is 0 Å².